The number of anilines is 2. The topological polar surface area (TPSA) is 165 Å². The Bertz CT molecular complexity index is 1510. The van der Waals surface area contributed by atoms with Crippen molar-refractivity contribution < 1.29 is 55.7 Å². The number of halogens is 6. The molecule has 12 nitrogen and oxygen atoms in total. The first kappa shape index (κ1) is 38.2. The molecule has 2 aromatic rings. The Morgan fingerprint density at radius 3 is 2.10 bits per heavy atom. The summed E-state index contributed by atoms with van der Waals surface area (Å²) in [6.07, 6.45) is -7.00. The number of carboxylic acids is 2. The zero-order valence-electron chi connectivity index (χ0n) is 26.9. The molecule has 18 heteroatoms. The number of alkyl halides is 6. The summed E-state index contributed by atoms with van der Waals surface area (Å²) in [4.78, 5) is 57.8. The summed E-state index contributed by atoms with van der Waals surface area (Å²) >= 11 is 0. The van der Waals surface area contributed by atoms with Crippen LogP contribution in [0.1, 0.15) is 68.3 Å². The van der Waals surface area contributed by atoms with Crippen molar-refractivity contribution in [1.82, 2.24) is 20.6 Å². The smallest absolute Gasteiger partial charge is 0.451 e. The Kier molecular flexibility index (Phi) is 12.5. The van der Waals surface area contributed by atoms with Crippen LogP contribution < -0.4 is 20.4 Å². The predicted molar refractivity (Wildman–Crippen MR) is 166 cm³/mol. The van der Waals surface area contributed by atoms with Gasteiger partial charge in [-0.05, 0) is 68.6 Å². The molecule has 3 heterocycles. The van der Waals surface area contributed by atoms with Crippen LogP contribution in [0.25, 0.3) is 0 Å². The van der Waals surface area contributed by atoms with E-state index in [9.17, 15) is 50.6 Å². The molecule has 50 heavy (non-hydrogen) atoms. The van der Waals surface area contributed by atoms with E-state index in [4.69, 9.17) is 5.11 Å². The molecular formula is C32H38F6N6O6. The average molecular weight is 717 g/mol. The average Bonchev–Trinajstić information content (AvgIpc) is 3.02. The highest BCUT2D eigenvalue weighted by Gasteiger charge is 2.40. The van der Waals surface area contributed by atoms with Crippen LogP contribution >= 0.6 is 0 Å². The highest BCUT2D eigenvalue weighted by Crippen LogP contribution is 2.35. The number of carbonyl (C=O) groups excluding carboxylic acids is 2. The first-order valence-corrected chi connectivity index (χ1v) is 16.2. The van der Waals surface area contributed by atoms with Crippen molar-refractivity contribution in [2.75, 3.05) is 36.0 Å². The SMILES string of the molecule is O=C(O)CC[C@@H](NC(=O)CCCC1CCN(c2cc(N3CC[C@H]3C(=O)NCCc3ccc(C(F)(F)F)cc3)nc(C(F)(F)F)n2)CC1)C(=O)O. The summed E-state index contributed by atoms with van der Waals surface area (Å²) in [5, 5.41) is 23.0. The zero-order chi connectivity index (χ0) is 36.6. The largest absolute Gasteiger partial charge is 0.481 e. The number of aromatic nitrogens is 2. The first-order valence-electron chi connectivity index (χ1n) is 16.2. The second-order valence-corrected chi connectivity index (χ2v) is 12.4. The lowest BCUT2D eigenvalue weighted by Crippen LogP contribution is -2.57. The molecule has 1 aromatic heterocycles. The Morgan fingerprint density at radius 2 is 1.54 bits per heavy atom. The van der Waals surface area contributed by atoms with Crippen molar-refractivity contribution in [1.29, 1.82) is 0 Å². The number of nitrogens with zero attached hydrogens (tertiary/aromatic N) is 4. The molecule has 0 bridgehead atoms. The molecule has 4 rings (SSSR count). The van der Waals surface area contributed by atoms with E-state index in [1.54, 1.807) is 4.90 Å². The fourth-order valence-corrected chi connectivity index (χ4v) is 5.89. The summed E-state index contributed by atoms with van der Waals surface area (Å²) in [7, 11) is 0. The number of rotatable bonds is 15. The molecule has 0 unspecified atom stereocenters. The van der Waals surface area contributed by atoms with Crippen molar-refractivity contribution in [2.45, 2.75) is 82.2 Å². The maximum absolute atomic E-state index is 13.8. The highest BCUT2D eigenvalue weighted by atomic mass is 19.4. The third-order valence-corrected chi connectivity index (χ3v) is 8.80. The summed E-state index contributed by atoms with van der Waals surface area (Å²) in [5.74, 6) is -4.61. The van der Waals surface area contributed by atoms with E-state index in [-0.39, 0.29) is 49.9 Å². The minimum Gasteiger partial charge on any atom is -0.481 e. The highest BCUT2D eigenvalue weighted by molar-refractivity contribution is 5.87. The number of benzene rings is 1. The van der Waals surface area contributed by atoms with Crippen molar-refractivity contribution in [2.24, 2.45) is 5.92 Å². The summed E-state index contributed by atoms with van der Waals surface area (Å²) in [6, 6.07) is 3.88. The van der Waals surface area contributed by atoms with Crippen LogP contribution in [0.3, 0.4) is 0 Å². The lowest BCUT2D eigenvalue weighted by molar-refractivity contribution is -0.145. The van der Waals surface area contributed by atoms with Crippen molar-refractivity contribution in [3.05, 3.63) is 47.3 Å². The maximum Gasteiger partial charge on any atom is 0.451 e. The van der Waals surface area contributed by atoms with Gasteiger partial charge in [0.25, 0.3) is 0 Å². The molecule has 0 spiro atoms. The van der Waals surface area contributed by atoms with E-state index in [0.717, 1.165) is 12.1 Å². The number of amides is 2. The molecule has 4 N–H and O–H groups in total. The van der Waals surface area contributed by atoms with Gasteiger partial charge in [-0.3, -0.25) is 14.4 Å². The van der Waals surface area contributed by atoms with Gasteiger partial charge >= 0.3 is 24.3 Å². The number of hydrogen-bond donors (Lipinski definition) is 4. The monoisotopic (exact) mass is 716 g/mol. The third kappa shape index (κ3) is 10.7. The van der Waals surface area contributed by atoms with Gasteiger partial charge in [-0.1, -0.05) is 12.1 Å². The summed E-state index contributed by atoms with van der Waals surface area (Å²) in [6.45, 7) is 1.17. The molecule has 2 atom stereocenters. The first-order chi connectivity index (χ1) is 23.5. The molecule has 2 amide bonds. The van der Waals surface area contributed by atoms with Crippen LogP contribution in [0.5, 0.6) is 0 Å². The van der Waals surface area contributed by atoms with Gasteiger partial charge in [-0.15, -0.1) is 0 Å². The number of aliphatic carboxylic acids is 2. The van der Waals surface area contributed by atoms with E-state index in [1.807, 2.05) is 0 Å². The third-order valence-electron chi connectivity index (χ3n) is 8.80. The maximum atomic E-state index is 13.8. The molecule has 2 aliphatic rings. The van der Waals surface area contributed by atoms with Gasteiger partial charge < -0.3 is 30.6 Å². The minimum atomic E-state index is -4.85. The van der Waals surface area contributed by atoms with Crippen LogP contribution in [0.4, 0.5) is 38.0 Å². The number of carbonyl (C=O) groups is 4. The van der Waals surface area contributed by atoms with Gasteiger partial charge in [0.2, 0.25) is 17.6 Å². The van der Waals surface area contributed by atoms with Crippen LogP contribution in [0.15, 0.2) is 30.3 Å². The fraction of sp³-hybridized carbons (Fsp3) is 0.562. The lowest BCUT2D eigenvalue weighted by atomic mass is 9.91. The number of carboxylic acid groups (broad SMARTS) is 2. The molecule has 0 radical (unpaired) electrons. The fourth-order valence-electron chi connectivity index (χ4n) is 5.89. The van der Waals surface area contributed by atoms with Gasteiger partial charge in [0.1, 0.15) is 23.7 Å². The standard InChI is InChI=1S/C32H38F6N6O6/c33-31(34,35)21-6-4-20(5-7-21)10-14-39-28(48)23-13-17-44(23)25-18-24(41-30(42-25)32(36,37)38)43-15-11-19(12-16-43)2-1-3-26(45)40-22(29(49)50)8-9-27(46)47/h4-7,18-19,22-23H,1-3,8-17H2,(H,39,48)(H,40,45)(H,46,47)(H,49,50)/t22-,23+/m1/s1. The summed E-state index contributed by atoms with van der Waals surface area (Å²) < 4.78 is 79.9. The molecule has 0 saturated carbocycles. The second kappa shape index (κ2) is 16.4. The van der Waals surface area contributed by atoms with E-state index in [0.29, 0.717) is 50.8 Å². The molecule has 2 fully saturated rings. The Labute approximate surface area is 283 Å². The Morgan fingerprint density at radius 1 is 0.880 bits per heavy atom. The van der Waals surface area contributed by atoms with Crippen molar-refractivity contribution >= 4 is 35.4 Å². The van der Waals surface area contributed by atoms with Gasteiger partial charge in [0, 0.05) is 45.1 Å². The van der Waals surface area contributed by atoms with Crippen molar-refractivity contribution in [3.63, 3.8) is 0 Å². The van der Waals surface area contributed by atoms with E-state index < -0.39 is 66.0 Å². The Balaban J connectivity index is 1.29. The van der Waals surface area contributed by atoms with Gasteiger partial charge in [0.15, 0.2) is 0 Å². The van der Waals surface area contributed by atoms with Gasteiger partial charge in [0.05, 0.1) is 5.56 Å². The van der Waals surface area contributed by atoms with Crippen LogP contribution in [0, 0.1) is 5.92 Å². The predicted octanol–water partition coefficient (Wildman–Crippen LogP) is 4.27. The zero-order valence-corrected chi connectivity index (χ0v) is 26.9. The molecule has 2 saturated heterocycles. The molecule has 1 aromatic carbocycles. The minimum absolute atomic E-state index is 0.0426. The molecular weight excluding hydrogens is 678 g/mol. The normalized spacial score (nSPS) is 17.5. The molecule has 0 aliphatic carbocycles. The van der Waals surface area contributed by atoms with Crippen LogP contribution in [-0.2, 0) is 38.0 Å². The van der Waals surface area contributed by atoms with Gasteiger partial charge in [-0.25, -0.2) is 14.8 Å². The van der Waals surface area contributed by atoms with Crippen LogP contribution in [-0.4, -0.2) is 82.2 Å². The number of nitrogens with one attached hydrogen (secondary N) is 2. The second-order valence-electron chi connectivity index (χ2n) is 12.4. The summed E-state index contributed by atoms with van der Waals surface area (Å²) in [5.41, 5.74) is -0.210. The van der Waals surface area contributed by atoms with Crippen LogP contribution in [0.2, 0.25) is 0 Å². The Hall–Kier alpha value is -4.64. The number of hydrogen-bond acceptors (Lipinski definition) is 8. The van der Waals surface area contributed by atoms with E-state index >= 15 is 0 Å². The molecule has 2 aliphatic heterocycles. The van der Waals surface area contributed by atoms with Crippen molar-refractivity contribution in [3.8, 4) is 0 Å². The lowest BCUT2D eigenvalue weighted by Gasteiger charge is -2.41. The van der Waals surface area contributed by atoms with E-state index in [2.05, 4.69) is 20.6 Å². The van der Waals surface area contributed by atoms with E-state index in [1.165, 1.54) is 23.1 Å². The number of piperidine rings is 1. The molecule has 274 valence electrons. The van der Waals surface area contributed by atoms with Gasteiger partial charge in [-0.2, -0.15) is 26.3 Å². The quantitative estimate of drug-likeness (QED) is 0.196.